The summed E-state index contributed by atoms with van der Waals surface area (Å²) in [5, 5.41) is 26.7. The molecule has 1 aromatic heterocycles. The molecule has 2 heterocycles. The molecule has 8 N–H and O–H groups in total. The second-order valence-corrected chi connectivity index (χ2v) is 7.85. The van der Waals surface area contributed by atoms with E-state index in [2.05, 4.69) is 25.9 Å². The molecule has 0 aliphatic carbocycles. The standard InChI is InChI=1S/C21H26N6O6/c22-21-26-17-14(19(31)27-21)7-12(10-24-17)9-23-8-11-1-3-13(4-2-11)18(30)25-15(20(32)33)5-6-16(28)29/h1-4,12,15,23H,5-10H2,(H,25,30)(H,28,29)(H,32,33)(H4,22,24,26,27,31). The Morgan fingerprint density at radius 1 is 1.21 bits per heavy atom. The van der Waals surface area contributed by atoms with Gasteiger partial charge in [-0.2, -0.15) is 4.98 Å². The van der Waals surface area contributed by atoms with Gasteiger partial charge >= 0.3 is 11.9 Å². The molecule has 0 fully saturated rings. The van der Waals surface area contributed by atoms with Gasteiger partial charge in [0.2, 0.25) is 5.95 Å². The van der Waals surface area contributed by atoms with Gasteiger partial charge in [-0.3, -0.25) is 19.4 Å². The van der Waals surface area contributed by atoms with Crippen molar-refractivity contribution in [2.24, 2.45) is 5.92 Å². The molecule has 33 heavy (non-hydrogen) atoms. The van der Waals surface area contributed by atoms with Crippen molar-refractivity contribution in [2.45, 2.75) is 31.8 Å². The molecule has 2 aromatic rings. The molecule has 1 aliphatic heterocycles. The summed E-state index contributed by atoms with van der Waals surface area (Å²) < 4.78 is 0. The SMILES string of the molecule is Nc1nc2c(c(=O)[nH]1)CC(CNCc1ccc(C(=O)NC(CCC(=O)O)C(=O)O)cc1)CN2. The smallest absolute Gasteiger partial charge is 0.326 e. The molecule has 1 aliphatic rings. The number of H-pyrrole nitrogens is 1. The van der Waals surface area contributed by atoms with E-state index in [9.17, 15) is 19.2 Å². The third-order valence-electron chi connectivity index (χ3n) is 5.31. The van der Waals surface area contributed by atoms with Crippen molar-refractivity contribution in [2.75, 3.05) is 24.1 Å². The number of carbonyl (C=O) groups excluding carboxylic acids is 1. The summed E-state index contributed by atoms with van der Waals surface area (Å²) in [6.07, 6.45) is 0.0147. The van der Waals surface area contributed by atoms with Crippen LogP contribution in [0.2, 0.25) is 0 Å². The van der Waals surface area contributed by atoms with Crippen molar-refractivity contribution in [3.8, 4) is 0 Å². The number of nitrogens with two attached hydrogens (primary N) is 1. The monoisotopic (exact) mass is 458 g/mol. The molecule has 2 unspecified atom stereocenters. The van der Waals surface area contributed by atoms with Crippen molar-refractivity contribution in [1.82, 2.24) is 20.6 Å². The topological polar surface area (TPSA) is 200 Å². The molecule has 0 saturated carbocycles. The predicted molar refractivity (Wildman–Crippen MR) is 119 cm³/mol. The van der Waals surface area contributed by atoms with Gasteiger partial charge in [0.15, 0.2) is 0 Å². The zero-order chi connectivity index (χ0) is 24.0. The molecule has 1 amide bonds. The number of anilines is 2. The van der Waals surface area contributed by atoms with Crippen LogP contribution in [0.25, 0.3) is 0 Å². The van der Waals surface area contributed by atoms with E-state index in [0.717, 1.165) is 5.56 Å². The number of nitrogen functional groups attached to an aromatic ring is 1. The van der Waals surface area contributed by atoms with Crippen LogP contribution in [0.1, 0.15) is 34.3 Å². The maximum Gasteiger partial charge on any atom is 0.326 e. The maximum atomic E-state index is 12.3. The second-order valence-electron chi connectivity index (χ2n) is 7.85. The van der Waals surface area contributed by atoms with E-state index in [1.165, 1.54) is 0 Å². The first-order valence-corrected chi connectivity index (χ1v) is 10.4. The van der Waals surface area contributed by atoms with E-state index in [1.54, 1.807) is 24.3 Å². The third-order valence-corrected chi connectivity index (χ3v) is 5.31. The molecule has 12 nitrogen and oxygen atoms in total. The number of aromatic amines is 1. The van der Waals surface area contributed by atoms with Crippen LogP contribution in [0, 0.1) is 5.92 Å². The Balaban J connectivity index is 1.48. The highest BCUT2D eigenvalue weighted by Gasteiger charge is 2.23. The summed E-state index contributed by atoms with van der Waals surface area (Å²) in [4.78, 5) is 52.8. The largest absolute Gasteiger partial charge is 0.481 e. The van der Waals surface area contributed by atoms with Crippen molar-refractivity contribution in [1.29, 1.82) is 0 Å². The lowest BCUT2D eigenvalue weighted by atomic mass is 9.96. The number of hydrogen-bond donors (Lipinski definition) is 7. The fourth-order valence-corrected chi connectivity index (χ4v) is 3.56. The molecular weight excluding hydrogens is 432 g/mol. The normalized spacial score (nSPS) is 15.7. The lowest BCUT2D eigenvalue weighted by Crippen LogP contribution is -2.41. The van der Waals surface area contributed by atoms with Crippen LogP contribution in [0.15, 0.2) is 29.1 Å². The Bertz CT molecular complexity index is 1080. The van der Waals surface area contributed by atoms with Gasteiger partial charge in [0.25, 0.3) is 11.5 Å². The molecule has 1 aromatic carbocycles. The van der Waals surface area contributed by atoms with Crippen molar-refractivity contribution in [3.05, 3.63) is 51.3 Å². The van der Waals surface area contributed by atoms with E-state index < -0.39 is 23.9 Å². The molecule has 0 spiro atoms. The Hall–Kier alpha value is -3.93. The summed E-state index contributed by atoms with van der Waals surface area (Å²) in [6.45, 7) is 1.85. The number of carboxylic acids is 2. The third kappa shape index (κ3) is 6.53. The van der Waals surface area contributed by atoms with Gasteiger partial charge in [0.05, 0.1) is 5.56 Å². The van der Waals surface area contributed by atoms with Gasteiger partial charge < -0.3 is 31.9 Å². The number of aromatic nitrogens is 2. The predicted octanol–water partition coefficient (Wildman–Crippen LogP) is -0.226. The first kappa shape index (κ1) is 23.7. The van der Waals surface area contributed by atoms with Crippen LogP contribution in [-0.4, -0.2) is 57.2 Å². The molecule has 3 rings (SSSR count). The van der Waals surface area contributed by atoms with Gasteiger partial charge in [-0.1, -0.05) is 12.1 Å². The van der Waals surface area contributed by atoms with E-state index in [4.69, 9.17) is 15.9 Å². The minimum absolute atomic E-state index is 0.0821. The molecule has 0 saturated heterocycles. The number of amides is 1. The molecular formula is C21H26N6O6. The maximum absolute atomic E-state index is 12.3. The Kier molecular flexibility index (Phi) is 7.61. The van der Waals surface area contributed by atoms with E-state index in [1.807, 2.05) is 0 Å². The van der Waals surface area contributed by atoms with Crippen LogP contribution >= 0.6 is 0 Å². The van der Waals surface area contributed by atoms with Crippen LogP contribution in [-0.2, 0) is 22.6 Å². The number of carboxylic acid groups (broad SMARTS) is 2. The van der Waals surface area contributed by atoms with Crippen LogP contribution in [0.5, 0.6) is 0 Å². The molecule has 2 atom stereocenters. The van der Waals surface area contributed by atoms with E-state index in [0.29, 0.717) is 37.4 Å². The number of rotatable bonds is 10. The molecule has 0 radical (unpaired) electrons. The van der Waals surface area contributed by atoms with Gasteiger partial charge in [-0.05, 0) is 36.5 Å². The summed E-state index contributed by atoms with van der Waals surface area (Å²) >= 11 is 0. The highest BCUT2D eigenvalue weighted by molar-refractivity contribution is 5.96. The zero-order valence-electron chi connectivity index (χ0n) is 17.8. The number of hydrogen-bond acceptors (Lipinski definition) is 8. The summed E-state index contributed by atoms with van der Waals surface area (Å²) in [6, 6.07) is 5.39. The zero-order valence-corrected chi connectivity index (χ0v) is 17.8. The van der Waals surface area contributed by atoms with Crippen LogP contribution < -0.4 is 27.2 Å². The number of nitrogens with one attached hydrogen (secondary N) is 4. The number of fused-ring (bicyclic) bond motifs is 1. The lowest BCUT2D eigenvalue weighted by Gasteiger charge is -2.25. The average molecular weight is 458 g/mol. The summed E-state index contributed by atoms with van der Waals surface area (Å²) in [5.41, 5.74) is 7.10. The Labute approximate surface area is 188 Å². The summed E-state index contributed by atoms with van der Waals surface area (Å²) in [5.74, 6) is -2.21. The average Bonchev–Trinajstić information content (AvgIpc) is 2.77. The Morgan fingerprint density at radius 2 is 1.94 bits per heavy atom. The van der Waals surface area contributed by atoms with Crippen molar-refractivity contribution < 1.29 is 24.6 Å². The van der Waals surface area contributed by atoms with Crippen LogP contribution in [0.4, 0.5) is 11.8 Å². The number of benzene rings is 1. The Morgan fingerprint density at radius 3 is 2.61 bits per heavy atom. The first-order chi connectivity index (χ1) is 15.7. The van der Waals surface area contributed by atoms with Gasteiger partial charge in [0, 0.05) is 31.6 Å². The van der Waals surface area contributed by atoms with Crippen molar-refractivity contribution in [3.63, 3.8) is 0 Å². The van der Waals surface area contributed by atoms with E-state index >= 15 is 0 Å². The van der Waals surface area contributed by atoms with Gasteiger partial charge in [-0.15, -0.1) is 0 Å². The highest BCUT2D eigenvalue weighted by Crippen LogP contribution is 2.19. The van der Waals surface area contributed by atoms with Gasteiger partial charge in [0.1, 0.15) is 11.9 Å². The first-order valence-electron chi connectivity index (χ1n) is 10.4. The highest BCUT2D eigenvalue weighted by atomic mass is 16.4. The molecule has 176 valence electrons. The lowest BCUT2D eigenvalue weighted by molar-refractivity contribution is -0.140. The summed E-state index contributed by atoms with van der Waals surface area (Å²) in [7, 11) is 0. The van der Waals surface area contributed by atoms with E-state index in [-0.39, 0.29) is 35.8 Å². The molecule has 12 heteroatoms. The number of nitrogens with zero attached hydrogens (tertiary/aromatic N) is 1. The number of aliphatic carboxylic acids is 2. The van der Waals surface area contributed by atoms with Gasteiger partial charge in [-0.25, -0.2) is 4.79 Å². The fourth-order valence-electron chi connectivity index (χ4n) is 3.56. The minimum Gasteiger partial charge on any atom is -0.481 e. The quantitative estimate of drug-likeness (QED) is 0.249. The second kappa shape index (κ2) is 10.6. The van der Waals surface area contributed by atoms with Crippen molar-refractivity contribution >= 4 is 29.6 Å². The fraction of sp³-hybridized carbons (Fsp3) is 0.381. The number of carbonyl (C=O) groups is 3. The van der Waals surface area contributed by atoms with Crippen LogP contribution in [0.3, 0.4) is 0 Å². The molecule has 0 bridgehead atoms. The minimum atomic E-state index is -1.29.